The molecule has 1 aliphatic rings. The van der Waals surface area contributed by atoms with Crippen molar-refractivity contribution < 1.29 is 19.3 Å². The first-order valence-electron chi connectivity index (χ1n) is 5.89. The van der Waals surface area contributed by atoms with Crippen LogP contribution in [0, 0.1) is 5.82 Å². The van der Waals surface area contributed by atoms with Gasteiger partial charge in [0, 0.05) is 6.42 Å². The molecule has 21 heavy (non-hydrogen) atoms. The van der Waals surface area contributed by atoms with Gasteiger partial charge in [0.25, 0.3) is 0 Å². The maximum absolute atomic E-state index is 13.6. The van der Waals surface area contributed by atoms with E-state index in [0.717, 1.165) is 4.57 Å². The van der Waals surface area contributed by atoms with Crippen LogP contribution in [0.2, 0.25) is 0 Å². The average Bonchev–Trinajstić information content (AvgIpc) is 2.79. The zero-order valence-corrected chi connectivity index (χ0v) is 11.4. The minimum absolute atomic E-state index is 0.0458. The fourth-order valence-electron chi connectivity index (χ4n) is 2.01. The third-order valence-electron chi connectivity index (χ3n) is 2.99. The molecule has 2 heterocycles. The van der Waals surface area contributed by atoms with Crippen LogP contribution in [-0.2, 0) is 4.74 Å². The molecule has 0 aliphatic carbocycles. The third-order valence-corrected chi connectivity index (χ3v) is 3.08. The summed E-state index contributed by atoms with van der Waals surface area (Å²) in [5, 5.41) is 18.2. The molecule has 116 valence electrons. The standard InChI is InChI=1S/C10H13FN4O5S/c11-4-2-14(7-1-5(17)6(3-16)20-7)10(19)15(8(4)18)13-9(12)21/h2,5-7,16-17H,1,3H2,(H3,12,13,21)/t5-,6+,7+/m0/s1. The average molecular weight is 320 g/mol. The van der Waals surface area contributed by atoms with Crippen LogP contribution < -0.4 is 22.4 Å². The Morgan fingerprint density at radius 3 is 2.81 bits per heavy atom. The number of nitrogens with two attached hydrogens (primary N) is 1. The highest BCUT2D eigenvalue weighted by atomic mass is 32.1. The first kappa shape index (κ1) is 15.6. The normalized spacial score (nSPS) is 25.0. The van der Waals surface area contributed by atoms with Crippen molar-refractivity contribution in [3.63, 3.8) is 0 Å². The summed E-state index contributed by atoms with van der Waals surface area (Å²) in [4.78, 5) is 23.7. The lowest BCUT2D eigenvalue weighted by atomic mass is 10.2. The van der Waals surface area contributed by atoms with E-state index in [1.54, 1.807) is 0 Å². The molecule has 1 saturated heterocycles. The largest absolute Gasteiger partial charge is 0.394 e. The van der Waals surface area contributed by atoms with E-state index in [1.807, 2.05) is 0 Å². The number of halogens is 1. The molecule has 1 aliphatic heterocycles. The molecule has 11 heteroatoms. The van der Waals surface area contributed by atoms with Crippen molar-refractivity contribution in [2.75, 3.05) is 12.0 Å². The van der Waals surface area contributed by atoms with Crippen molar-refractivity contribution in [1.82, 2.24) is 9.24 Å². The number of ether oxygens (including phenoxy) is 1. The van der Waals surface area contributed by atoms with Crippen molar-refractivity contribution >= 4 is 17.3 Å². The van der Waals surface area contributed by atoms with Gasteiger partial charge in [-0.05, 0) is 12.2 Å². The highest BCUT2D eigenvalue weighted by Crippen LogP contribution is 2.27. The lowest BCUT2D eigenvalue weighted by Crippen LogP contribution is -2.49. The van der Waals surface area contributed by atoms with Gasteiger partial charge in [0.15, 0.2) is 5.11 Å². The molecule has 0 bridgehead atoms. The van der Waals surface area contributed by atoms with Gasteiger partial charge >= 0.3 is 11.2 Å². The molecule has 1 aromatic heterocycles. The highest BCUT2D eigenvalue weighted by Gasteiger charge is 2.35. The van der Waals surface area contributed by atoms with Gasteiger partial charge in [0.1, 0.15) is 12.3 Å². The summed E-state index contributed by atoms with van der Waals surface area (Å²) >= 11 is 4.51. The Bertz CT molecular complexity index is 674. The number of aliphatic hydroxyl groups excluding tert-OH is 2. The monoisotopic (exact) mass is 320 g/mol. The molecule has 0 amide bonds. The quantitative estimate of drug-likeness (QED) is 0.452. The fraction of sp³-hybridized carbons (Fsp3) is 0.500. The molecule has 0 unspecified atom stereocenters. The SMILES string of the molecule is NC(=S)Nn1c(=O)c(F)cn([C@H]2C[C@H](O)[C@@H](CO)O2)c1=O. The van der Waals surface area contributed by atoms with E-state index >= 15 is 0 Å². The number of nitrogens with zero attached hydrogens (tertiary/aromatic N) is 2. The summed E-state index contributed by atoms with van der Waals surface area (Å²) in [6, 6.07) is 0. The van der Waals surface area contributed by atoms with E-state index in [0.29, 0.717) is 10.9 Å². The predicted octanol–water partition coefficient (Wildman–Crippen LogP) is -2.42. The summed E-state index contributed by atoms with van der Waals surface area (Å²) < 4.78 is 19.9. The predicted molar refractivity (Wildman–Crippen MR) is 72.7 cm³/mol. The van der Waals surface area contributed by atoms with Gasteiger partial charge in [0.05, 0.1) is 18.9 Å². The number of aliphatic hydroxyl groups is 2. The lowest BCUT2D eigenvalue weighted by Gasteiger charge is -2.16. The second-order valence-electron chi connectivity index (χ2n) is 4.40. The number of thiocarbonyl (C=S) groups is 1. The second kappa shape index (κ2) is 5.89. The third kappa shape index (κ3) is 2.95. The van der Waals surface area contributed by atoms with E-state index in [-0.39, 0.29) is 6.42 Å². The maximum atomic E-state index is 13.6. The van der Waals surface area contributed by atoms with Gasteiger partial charge in [-0.2, -0.15) is 9.07 Å². The number of hydrogen-bond acceptors (Lipinski definition) is 6. The van der Waals surface area contributed by atoms with Crippen molar-refractivity contribution in [3.8, 4) is 0 Å². The molecule has 1 aromatic rings. The smallest absolute Gasteiger partial charge is 0.352 e. The maximum Gasteiger partial charge on any atom is 0.352 e. The summed E-state index contributed by atoms with van der Waals surface area (Å²) in [6.07, 6.45) is -2.32. The molecule has 5 N–H and O–H groups in total. The van der Waals surface area contributed by atoms with Crippen LogP contribution >= 0.6 is 12.2 Å². The molecule has 2 rings (SSSR count). The molecule has 1 fully saturated rings. The van der Waals surface area contributed by atoms with Crippen LogP contribution in [0.25, 0.3) is 0 Å². The molecular weight excluding hydrogens is 307 g/mol. The molecule has 0 spiro atoms. The zero-order chi connectivity index (χ0) is 15.7. The lowest BCUT2D eigenvalue weighted by molar-refractivity contribution is -0.0465. The van der Waals surface area contributed by atoms with Crippen molar-refractivity contribution in [1.29, 1.82) is 0 Å². The Balaban J connectivity index is 2.46. The molecule has 0 aromatic carbocycles. The molecule has 3 atom stereocenters. The Morgan fingerprint density at radius 2 is 2.29 bits per heavy atom. The Labute approximate surface area is 122 Å². The number of nitrogens with one attached hydrogen (secondary N) is 1. The van der Waals surface area contributed by atoms with E-state index in [9.17, 15) is 19.1 Å². The van der Waals surface area contributed by atoms with Crippen LogP contribution in [0.1, 0.15) is 12.6 Å². The minimum atomic E-state index is -1.25. The molecule has 0 saturated carbocycles. The number of rotatable bonds is 3. The highest BCUT2D eigenvalue weighted by molar-refractivity contribution is 7.80. The van der Waals surface area contributed by atoms with Gasteiger partial charge in [-0.1, -0.05) is 0 Å². The van der Waals surface area contributed by atoms with E-state index < -0.39 is 47.2 Å². The minimum Gasteiger partial charge on any atom is -0.394 e. The van der Waals surface area contributed by atoms with Crippen LogP contribution in [0.4, 0.5) is 4.39 Å². The Kier molecular flexibility index (Phi) is 4.37. The molecule has 0 radical (unpaired) electrons. The second-order valence-corrected chi connectivity index (χ2v) is 4.84. The first-order valence-corrected chi connectivity index (χ1v) is 6.30. The van der Waals surface area contributed by atoms with Crippen molar-refractivity contribution in [2.45, 2.75) is 24.9 Å². The van der Waals surface area contributed by atoms with E-state index in [1.165, 1.54) is 0 Å². The Hall–Kier alpha value is -1.82. The topological polar surface area (TPSA) is 132 Å². The van der Waals surface area contributed by atoms with Gasteiger partial charge in [0.2, 0.25) is 5.82 Å². The van der Waals surface area contributed by atoms with E-state index in [4.69, 9.17) is 15.6 Å². The van der Waals surface area contributed by atoms with Crippen LogP contribution in [0.3, 0.4) is 0 Å². The summed E-state index contributed by atoms with van der Waals surface area (Å²) in [6.45, 7) is -0.459. The Morgan fingerprint density at radius 1 is 1.62 bits per heavy atom. The van der Waals surface area contributed by atoms with Crippen molar-refractivity contribution in [3.05, 3.63) is 32.9 Å². The van der Waals surface area contributed by atoms with Crippen LogP contribution in [0.15, 0.2) is 15.8 Å². The summed E-state index contributed by atoms with van der Waals surface area (Å²) in [7, 11) is 0. The van der Waals surface area contributed by atoms with Gasteiger partial charge in [-0.25, -0.2) is 4.79 Å². The van der Waals surface area contributed by atoms with Gasteiger partial charge < -0.3 is 20.7 Å². The first-order chi connectivity index (χ1) is 9.85. The fourth-order valence-corrected chi connectivity index (χ4v) is 2.10. The van der Waals surface area contributed by atoms with E-state index in [2.05, 4.69) is 17.6 Å². The van der Waals surface area contributed by atoms with Crippen LogP contribution in [-0.4, -0.2) is 43.4 Å². The van der Waals surface area contributed by atoms with Gasteiger partial charge in [-0.15, -0.1) is 0 Å². The van der Waals surface area contributed by atoms with Crippen molar-refractivity contribution in [2.24, 2.45) is 5.73 Å². The zero-order valence-electron chi connectivity index (χ0n) is 10.6. The molecular formula is C10H13FN4O5S. The number of hydrogen-bond donors (Lipinski definition) is 4. The summed E-state index contributed by atoms with van der Waals surface area (Å²) in [5.74, 6) is -1.23. The molecule has 9 nitrogen and oxygen atoms in total. The van der Waals surface area contributed by atoms with Gasteiger partial charge in [-0.3, -0.25) is 14.8 Å². The number of aromatic nitrogens is 2. The van der Waals surface area contributed by atoms with Crippen LogP contribution in [0.5, 0.6) is 0 Å². The summed E-state index contributed by atoms with van der Waals surface area (Å²) in [5.41, 5.74) is 5.01.